The zero-order valence-corrected chi connectivity index (χ0v) is 7.46. The summed E-state index contributed by atoms with van der Waals surface area (Å²) in [5.74, 6) is 0.175. The summed E-state index contributed by atoms with van der Waals surface area (Å²) >= 11 is 0. The van der Waals surface area contributed by atoms with E-state index in [1.54, 1.807) is 0 Å². The van der Waals surface area contributed by atoms with Crippen LogP contribution in [0.5, 0.6) is 0 Å². The maximum Gasteiger partial charge on any atom is 0.419 e. The summed E-state index contributed by atoms with van der Waals surface area (Å²) in [4.78, 5) is 0. The summed E-state index contributed by atoms with van der Waals surface area (Å²) in [6.07, 6.45) is 0.747. The highest BCUT2D eigenvalue weighted by molar-refractivity contribution is 5.30. The Balaban J connectivity index is 2.66. The molecule has 1 aliphatic rings. The Morgan fingerprint density at radius 2 is 2.21 bits per heavy atom. The molecule has 2 nitrogen and oxygen atoms in total. The number of allylic oxidation sites excluding steroid dienone is 4. The SMILES string of the molecule is C=CC(F)(F)OC1=CC=C(C#N)CC1. The number of rotatable bonds is 3. The van der Waals surface area contributed by atoms with Crippen molar-refractivity contribution in [3.8, 4) is 6.07 Å². The van der Waals surface area contributed by atoms with Crippen LogP contribution >= 0.6 is 0 Å². The van der Waals surface area contributed by atoms with E-state index in [0.717, 1.165) is 0 Å². The van der Waals surface area contributed by atoms with Crippen LogP contribution in [0.15, 0.2) is 36.1 Å². The lowest BCUT2D eigenvalue weighted by Crippen LogP contribution is -2.17. The fourth-order valence-corrected chi connectivity index (χ4v) is 1.01. The predicted molar refractivity (Wildman–Crippen MR) is 47.2 cm³/mol. The van der Waals surface area contributed by atoms with E-state index in [9.17, 15) is 8.78 Å². The predicted octanol–water partition coefficient (Wildman–Crippen LogP) is 2.91. The molecule has 0 amide bonds. The first-order valence-electron chi connectivity index (χ1n) is 4.07. The molecule has 0 bridgehead atoms. The Hall–Kier alpha value is -1.63. The Morgan fingerprint density at radius 3 is 2.64 bits per heavy atom. The molecule has 1 rings (SSSR count). The van der Waals surface area contributed by atoms with Crippen molar-refractivity contribution in [2.45, 2.75) is 19.0 Å². The van der Waals surface area contributed by atoms with Crippen LogP contribution in [-0.2, 0) is 4.74 Å². The van der Waals surface area contributed by atoms with Gasteiger partial charge in [0.2, 0.25) is 0 Å². The summed E-state index contributed by atoms with van der Waals surface area (Å²) in [6.45, 7) is 2.96. The fourth-order valence-electron chi connectivity index (χ4n) is 1.01. The van der Waals surface area contributed by atoms with Crippen LogP contribution in [-0.4, -0.2) is 6.11 Å². The number of halogens is 2. The Bertz CT molecular complexity index is 337. The van der Waals surface area contributed by atoms with E-state index < -0.39 is 6.11 Å². The minimum absolute atomic E-state index is 0.175. The van der Waals surface area contributed by atoms with Gasteiger partial charge in [0, 0.05) is 18.1 Å². The zero-order chi connectivity index (χ0) is 10.6. The Morgan fingerprint density at radius 1 is 1.50 bits per heavy atom. The van der Waals surface area contributed by atoms with Crippen LogP contribution in [0.1, 0.15) is 12.8 Å². The van der Waals surface area contributed by atoms with Crippen LogP contribution < -0.4 is 0 Å². The molecule has 0 aromatic carbocycles. The van der Waals surface area contributed by atoms with Gasteiger partial charge in [-0.2, -0.15) is 14.0 Å². The van der Waals surface area contributed by atoms with Crippen molar-refractivity contribution in [2.24, 2.45) is 0 Å². The van der Waals surface area contributed by atoms with Crippen molar-refractivity contribution in [1.82, 2.24) is 0 Å². The molecule has 0 saturated carbocycles. The van der Waals surface area contributed by atoms with E-state index >= 15 is 0 Å². The normalized spacial score (nSPS) is 16.4. The fraction of sp³-hybridized carbons (Fsp3) is 0.300. The van der Waals surface area contributed by atoms with Crippen molar-refractivity contribution >= 4 is 0 Å². The molecule has 14 heavy (non-hydrogen) atoms. The first kappa shape index (κ1) is 10.5. The third-order valence-electron chi connectivity index (χ3n) is 1.76. The summed E-state index contributed by atoms with van der Waals surface area (Å²) in [7, 11) is 0. The molecule has 0 atom stereocenters. The minimum Gasteiger partial charge on any atom is -0.434 e. The number of nitrogens with zero attached hydrogens (tertiary/aromatic N) is 1. The number of hydrogen-bond acceptors (Lipinski definition) is 2. The second-order valence-corrected chi connectivity index (χ2v) is 2.80. The van der Waals surface area contributed by atoms with Crippen molar-refractivity contribution < 1.29 is 13.5 Å². The highest BCUT2D eigenvalue weighted by Gasteiger charge is 2.27. The number of alkyl halides is 2. The molecule has 0 unspecified atom stereocenters. The lowest BCUT2D eigenvalue weighted by atomic mass is 10.1. The highest BCUT2D eigenvalue weighted by atomic mass is 19.3. The standard InChI is InChI=1S/C10H9F2NO/c1-2-10(11,12)14-9-5-3-8(7-13)4-6-9/h2-3,5H,1,4,6H2. The molecule has 0 aromatic heterocycles. The molecule has 0 aromatic rings. The topological polar surface area (TPSA) is 33.0 Å². The number of hydrogen-bond donors (Lipinski definition) is 0. The van der Waals surface area contributed by atoms with Crippen molar-refractivity contribution in [2.75, 3.05) is 0 Å². The molecule has 4 heteroatoms. The van der Waals surface area contributed by atoms with Gasteiger partial charge in [0.1, 0.15) is 5.76 Å². The molecule has 0 radical (unpaired) electrons. The summed E-state index contributed by atoms with van der Waals surface area (Å²) in [5, 5.41) is 8.50. The molecule has 1 aliphatic carbocycles. The number of nitriles is 1. The van der Waals surface area contributed by atoms with Gasteiger partial charge in [0.25, 0.3) is 0 Å². The summed E-state index contributed by atoms with van der Waals surface area (Å²) in [5.41, 5.74) is 0.569. The maximum atomic E-state index is 12.6. The van der Waals surface area contributed by atoms with Crippen molar-refractivity contribution in [3.63, 3.8) is 0 Å². The summed E-state index contributed by atoms with van der Waals surface area (Å²) in [6, 6.07) is 1.95. The molecule has 0 heterocycles. The van der Waals surface area contributed by atoms with E-state index in [2.05, 4.69) is 11.3 Å². The van der Waals surface area contributed by atoms with Crippen LogP contribution in [0.25, 0.3) is 0 Å². The van der Waals surface area contributed by atoms with Crippen LogP contribution in [0, 0.1) is 11.3 Å². The second-order valence-electron chi connectivity index (χ2n) is 2.80. The van der Waals surface area contributed by atoms with Gasteiger partial charge >= 0.3 is 6.11 Å². The van der Waals surface area contributed by atoms with E-state index in [1.807, 2.05) is 6.07 Å². The molecule has 0 saturated heterocycles. The van der Waals surface area contributed by atoms with Crippen molar-refractivity contribution in [1.29, 1.82) is 5.26 Å². The van der Waals surface area contributed by atoms with Gasteiger partial charge < -0.3 is 4.74 Å². The van der Waals surface area contributed by atoms with Crippen LogP contribution in [0.2, 0.25) is 0 Å². The van der Waals surface area contributed by atoms with E-state index in [-0.39, 0.29) is 5.76 Å². The summed E-state index contributed by atoms with van der Waals surface area (Å²) < 4.78 is 29.7. The van der Waals surface area contributed by atoms with Gasteiger partial charge in [-0.05, 0) is 18.6 Å². The monoisotopic (exact) mass is 197 g/mol. The molecular weight excluding hydrogens is 188 g/mol. The van der Waals surface area contributed by atoms with Crippen LogP contribution in [0.4, 0.5) is 8.78 Å². The first-order valence-corrected chi connectivity index (χ1v) is 4.07. The molecule has 0 spiro atoms. The molecule has 0 fully saturated rings. The first-order chi connectivity index (χ1) is 6.57. The van der Waals surface area contributed by atoms with E-state index in [4.69, 9.17) is 5.26 Å². The third-order valence-corrected chi connectivity index (χ3v) is 1.76. The molecular formula is C10H9F2NO. The lowest BCUT2D eigenvalue weighted by Gasteiger charge is -2.18. The molecule has 74 valence electrons. The molecule has 0 N–H and O–H groups in total. The van der Waals surface area contributed by atoms with Gasteiger partial charge in [0.05, 0.1) is 6.07 Å². The van der Waals surface area contributed by atoms with Crippen LogP contribution in [0.3, 0.4) is 0 Å². The average Bonchev–Trinajstić information content (AvgIpc) is 2.19. The number of ether oxygens (including phenoxy) is 1. The van der Waals surface area contributed by atoms with Gasteiger partial charge in [-0.15, -0.1) is 0 Å². The minimum atomic E-state index is -3.33. The van der Waals surface area contributed by atoms with Gasteiger partial charge in [-0.1, -0.05) is 6.58 Å². The van der Waals surface area contributed by atoms with E-state index in [1.165, 1.54) is 12.2 Å². The maximum absolute atomic E-state index is 12.6. The Kier molecular flexibility index (Phi) is 3.03. The van der Waals surface area contributed by atoms with Gasteiger partial charge in [0.15, 0.2) is 0 Å². The lowest BCUT2D eigenvalue weighted by molar-refractivity contribution is -0.174. The smallest absolute Gasteiger partial charge is 0.419 e. The zero-order valence-electron chi connectivity index (χ0n) is 7.46. The Labute approximate surface area is 80.8 Å². The average molecular weight is 197 g/mol. The molecule has 0 aliphatic heterocycles. The van der Waals surface area contributed by atoms with Gasteiger partial charge in [-0.25, -0.2) is 0 Å². The second kappa shape index (κ2) is 4.05. The quantitative estimate of drug-likeness (QED) is 0.651. The highest BCUT2D eigenvalue weighted by Crippen LogP contribution is 2.26. The largest absolute Gasteiger partial charge is 0.434 e. The third kappa shape index (κ3) is 2.70. The van der Waals surface area contributed by atoms with Gasteiger partial charge in [-0.3, -0.25) is 0 Å². The van der Waals surface area contributed by atoms with Crippen molar-refractivity contribution in [3.05, 3.63) is 36.1 Å². The van der Waals surface area contributed by atoms with E-state index in [0.29, 0.717) is 24.5 Å².